The number of aliphatic hydroxyl groups excluding tert-OH is 1. The van der Waals surface area contributed by atoms with Gasteiger partial charge >= 0.3 is 0 Å². The Morgan fingerprint density at radius 3 is 2.47 bits per heavy atom. The maximum atomic E-state index is 10.6. The highest BCUT2D eigenvalue weighted by Gasteiger charge is 2.28. The third kappa shape index (κ3) is 6.47. The molecule has 6 nitrogen and oxygen atoms in total. The van der Waals surface area contributed by atoms with Gasteiger partial charge in [0.05, 0.1) is 29.7 Å². The van der Waals surface area contributed by atoms with Gasteiger partial charge in [0.25, 0.3) is 0 Å². The van der Waals surface area contributed by atoms with E-state index in [2.05, 4.69) is 30.9 Å². The van der Waals surface area contributed by atoms with Crippen LogP contribution in [0.15, 0.2) is 54.6 Å². The van der Waals surface area contributed by atoms with Crippen LogP contribution in [0.2, 0.25) is 0 Å². The first-order valence-electron chi connectivity index (χ1n) is 12.5. The van der Waals surface area contributed by atoms with Gasteiger partial charge in [-0.2, -0.15) is 5.10 Å². The van der Waals surface area contributed by atoms with Gasteiger partial charge in [-0.3, -0.25) is 4.90 Å². The lowest BCUT2D eigenvalue weighted by Gasteiger charge is -2.25. The third-order valence-electron chi connectivity index (χ3n) is 6.17. The first-order valence-corrected chi connectivity index (χ1v) is 12.5. The number of para-hydroxylation sites is 1. The molecular weight excluding hydrogens is 426 g/mol. The molecule has 1 aliphatic carbocycles. The van der Waals surface area contributed by atoms with Gasteiger partial charge in [-0.1, -0.05) is 42.8 Å². The summed E-state index contributed by atoms with van der Waals surface area (Å²) >= 11 is 0. The Kier molecular flexibility index (Phi) is 8.38. The van der Waals surface area contributed by atoms with E-state index in [4.69, 9.17) is 14.6 Å². The summed E-state index contributed by atoms with van der Waals surface area (Å²) in [4.78, 5) is 2.34. The number of aryl methyl sites for hydroxylation is 2. The van der Waals surface area contributed by atoms with Crippen molar-refractivity contribution < 1.29 is 14.6 Å². The van der Waals surface area contributed by atoms with Crippen LogP contribution in [0.4, 0.5) is 0 Å². The van der Waals surface area contributed by atoms with Crippen LogP contribution in [0.1, 0.15) is 43.5 Å². The van der Waals surface area contributed by atoms with E-state index in [-0.39, 0.29) is 0 Å². The number of hydrogen-bond acceptors (Lipinski definition) is 5. The van der Waals surface area contributed by atoms with Crippen molar-refractivity contribution >= 4 is 0 Å². The summed E-state index contributed by atoms with van der Waals surface area (Å²) in [5.41, 5.74) is 4.26. The monoisotopic (exact) mass is 463 g/mol. The normalized spacial score (nSPS) is 14.5. The first kappa shape index (κ1) is 24.5. The average Bonchev–Trinajstić information content (AvgIpc) is 3.60. The summed E-state index contributed by atoms with van der Waals surface area (Å²) in [6, 6.07) is 18.2. The number of hydrogen-bond donors (Lipinski definition) is 1. The molecule has 3 aromatic rings. The number of aromatic nitrogens is 2. The largest absolute Gasteiger partial charge is 0.439 e. The van der Waals surface area contributed by atoms with E-state index in [0.29, 0.717) is 32.2 Å². The molecule has 1 saturated carbocycles. The van der Waals surface area contributed by atoms with Crippen LogP contribution in [-0.4, -0.2) is 52.2 Å². The highest BCUT2D eigenvalue weighted by atomic mass is 16.5. The van der Waals surface area contributed by atoms with Gasteiger partial charge in [-0.25, -0.2) is 4.68 Å². The number of nitrogens with zero attached hydrogens (tertiary/aromatic N) is 3. The fraction of sp³-hybridized carbons (Fsp3) is 0.464. The summed E-state index contributed by atoms with van der Waals surface area (Å²) in [5, 5.41) is 15.6. The maximum Gasteiger partial charge on any atom is 0.227 e. The van der Waals surface area contributed by atoms with Crippen LogP contribution in [0.5, 0.6) is 11.6 Å². The van der Waals surface area contributed by atoms with Gasteiger partial charge in [0.1, 0.15) is 5.75 Å². The maximum absolute atomic E-state index is 10.6. The zero-order valence-corrected chi connectivity index (χ0v) is 20.6. The minimum Gasteiger partial charge on any atom is -0.439 e. The first-order chi connectivity index (χ1) is 16.6. The Hall–Kier alpha value is -2.67. The van der Waals surface area contributed by atoms with Crippen molar-refractivity contribution in [2.24, 2.45) is 5.92 Å². The van der Waals surface area contributed by atoms with Gasteiger partial charge in [-0.15, -0.1) is 0 Å². The minimum absolute atomic E-state index is 0.355. The quantitative estimate of drug-likeness (QED) is 0.380. The molecule has 0 amide bonds. The molecule has 182 valence electrons. The van der Waals surface area contributed by atoms with E-state index >= 15 is 0 Å². The molecule has 1 aromatic heterocycles. The van der Waals surface area contributed by atoms with Crippen LogP contribution < -0.4 is 4.74 Å². The van der Waals surface area contributed by atoms with Crippen molar-refractivity contribution in [3.8, 4) is 17.3 Å². The van der Waals surface area contributed by atoms with Gasteiger partial charge in [0.15, 0.2) is 0 Å². The van der Waals surface area contributed by atoms with E-state index in [1.807, 2.05) is 54.1 Å². The number of benzene rings is 2. The molecule has 34 heavy (non-hydrogen) atoms. The fourth-order valence-corrected chi connectivity index (χ4v) is 4.19. The predicted molar refractivity (Wildman–Crippen MR) is 135 cm³/mol. The third-order valence-corrected chi connectivity index (χ3v) is 6.17. The van der Waals surface area contributed by atoms with E-state index < -0.39 is 6.10 Å². The SMILES string of the molecule is CCOC[C@@H](O)CN(Cc1c(CC)nn(-c2ccccc2)c1Oc1ccc(C)cc1)CC1CC1. The van der Waals surface area contributed by atoms with Gasteiger partial charge in [-0.05, 0) is 63.3 Å². The molecule has 1 atom stereocenters. The second kappa shape index (κ2) is 11.6. The second-order valence-corrected chi connectivity index (χ2v) is 9.20. The lowest BCUT2D eigenvalue weighted by Crippen LogP contribution is -2.36. The standard InChI is InChI=1S/C28H37N3O3/c1-4-27-26(19-30(17-22-13-14-22)18-24(32)20-33-5-2)28(34-25-15-11-21(3)12-16-25)31(29-27)23-9-7-6-8-10-23/h6-12,15-16,22,24,32H,4-5,13-14,17-20H2,1-3H3/t24-/m0/s1. The summed E-state index contributed by atoms with van der Waals surface area (Å²) in [6.45, 7) is 9.33. The van der Waals surface area contributed by atoms with Crippen LogP contribution >= 0.6 is 0 Å². The number of aliphatic hydroxyl groups is 1. The van der Waals surface area contributed by atoms with Crippen LogP contribution in [0.25, 0.3) is 5.69 Å². The second-order valence-electron chi connectivity index (χ2n) is 9.20. The summed E-state index contributed by atoms with van der Waals surface area (Å²) < 4.78 is 13.9. The molecular formula is C28H37N3O3. The number of ether oxygens (including phenoxy) is 2. The Bertz CT molecular complexity index is 1030. The molecule has 6 heteroatoms. The molecule has 1 fully saturated rings. The molecule has 1 N–H and O–H groups in total. The average molecular weight is 464 g/mol. The molecule has 1 heterocycles. The molecule has 2 aromatic carbocycles. The molecule has 4 rings (SSSR count). The fourth-order valence-electron chi connectivity index (χ4n) is 4.19. The van der Waals surface area contributed by atoms with Crippen LogP contribution in [0.3, 0.4) is 0 Å². The van der Waals surface area contributed by atoms with Crippen LogP contribution in [0, 0.1) is 12.8 Å². The van der Waals surface area contributed by atoms with Crippen molar-refractivity contribution in [1.29, 1.82) is 0 Å². The van der Waals surface area contributed by atoms with Crippen molar-refractivity contribution in [3.63, 3.8) is 0 Å². The molecule has 0 unspecified atom stereocenters. The molecule has 0 spiro atoms. The Morgan fingerprint density at radius 1 is 1.09 bits per heavy atom. The van der Waals surface area contributed by atoms with E-state index in [1.165, 1.54) is 18.4 Å². The van der Waals surface area contributed by atoms with E-state index in [0.717, 1.165) is 41.5 Å². The molecule has 0 aliphatic heterocycles. The zero-order valence-electron chi connectivity index (χ0n) is 20.6. The molecule has 0 saturated heterocycles. The van der Waals surface area contributed by atoms with E-state index in [1.54, 1.807) is 0 Å². The Balaban J connectivity index is 1.68. The molecule has 1 aliphatic rings. The van der Waals surface area contributed by atoms with E-state index in [9.17, 15) is 5.11 Å². The van der Waals surface area contributed by atoms with Crippen molar-refractivity contribution in [2.75, 3.05) is 26.3 Å². The van der Waals surface area contributed by atoms with Gasteiger partial charge in [0.2, 0.25) is 5.88 Å². The summed E-state index contributed by atoms with van der Waals surface area (Å²) in [7, 11) is 0. The molecule has 0 bridgehead atoms. The zero-order chi connectivity index (χ0) is 23.9. The predicted octanol–water partition coefficient (Wildman–Crippen LogP) is 5.14. The Morgan fingerprint density at radius 2 is 1.82 bits per heavy atom. The minimum atomic E-state index is -0.519. The lowest BCUT2D eigenvalue weighted by atomic mass is 10.1. The van der Waals surface area contributed by atoms with Crippen molar-refractivity contribution in [3.05, 3.63) is 71.4 Å². The van der Waals surface area contributed by atoms with Gasteiger partial charge in [0, 0.05) is 26.2 Å². The topological polar surface area (TPSA) is 59.8 Å². The number of rotatable bonds is 13. The highest BCUT2D eigenvalue weighted by molar-refractivity contribution is 5.44. The van der Waals surface area contributed by atoms with Crippen molar-refractivity contribution in [1.82, 2.24) is 14.7 Å². The van der Waals surface area contributed by atoms with Crippen molar-refractivity contribution in [2.45, 2.75) is 52.7 Å². The molecule has 0 radical (unpaired) electrons. The summed E-state index contributed by atoms with van der Waals surface area (Å²) in [5.74, 6) is 2.23. The Labute approximate surface area is 203 Å². The van der Waals surface area contributed by atoms with Crippen LogP contribution in [-0.2, 0) is 17.7 Å². The smallest absolute Gasteiger partial charge is 0.227 e. The lowest BCUT2D eigenvalue weighted by molar-refractivity contribution is 0.0186. The summed E-state index contributed by atoms with van der Waals surface area (Å²) in [6.07, 6.45) is 2.80. The highest BCUT2D eigenvalue weighted by Crippen LogP contribution is 2.34. The van der Waals surface area contributed by atoms with Gasteiger partial charge < -0.3 is 14.6 Å².